The topological polar surface area (TPSA) is 114 Å². The number of aromatic nitrogens is 4. The number of benzene rings is 1. The standard InChI is InChI=1S/C17H18N6O3/c1-23-8-10(7-19-23)11-3-4-12(26-2)15-14(11)20-17(21-15)22-16(25)9-5-13(24)18-6-9/h3-4,7-9H,5-6H2,1-2H3,(H,18,24)(H2,20,21,22,25). The van der Waals surface area contributed by atoms with Crippen molar-refractivity contribution in [2.24, 2.45) is 13.0 Å². The SMILES string of the molecule is COc1ccc(-c2cnn(C)c2)c2nc(NC(=O)C3CNC(=O)C3)[nH]c12. The van der Waals surface area contributed by atoms with Crippen molar-refractivity contribution in [2.45, 2.75) is 6.42 Å². The maximum atomic E-state index is 12.3. The van der Waals surface area contributed by atoms with Gasteiger partial charge in [0.05, 0.1) is 19.2 Å². The number of amides is 2. The number of nitrogens with one attached hydrogen (secondary N) is 3. The zero-order valence-electron chi connectivity index (χ0n) is 14.4. The average molecular weight is 354 g/mol. The van der Waals surface area contributed by atoms with Gasteiger partial charge in [-0.15, -0.1) is 0 Å². The van der Waals surface area contributed by atoms with Crippen LogP contribution in [-0.2, 0) is 16.6 Å². The van der Waals surface area contributed by atoms with Gasteiger partial charge in [-0.2, -0.15) is 5.10 Å². The van der Waals surface area contributed by atoms with Crippen LogP contribution in [0.2, 0.25) is 0 Å². The number of carbonyl (C=O) groups is 2. The third kappa shape index (κ3) is 2.77. The number of hydrogen-bond acceptors (Lipinski definition) is 5. The van der Waals surface area contributed by atoms with Gasteiger partial charge < -0.3 is 15.0 Å². The van der Waals surface area contributed by atoms with E-state index in [4.69, 9.17) is 4.74 Å². The summed E-state index contributed by atoms with van der Waals surface area (Å²) in [6.07, 6.45) is 3.84. The molecule has 9 nitrogen and oxygen atoms in total. The first-order valence-corrected chi connectivity index (χ1v) is 8.18. The van der Waals surface area contributed by atoms with Gasteiger partial charge in [0.15, 0.2) is 0 Å². The van der Waals surface area contributed by atoms with Gasteiger partial charge in [0, 0.05) is 37.3 Å². The Bertz CT molecular complexity index is 1010. The molecule has 2 amide bonds. The zero-order chi connectivity index (χ0) is 18.3. The summed E-state index contributed by atoms with van der Waals surface area (Å²) in [5, 5.41) is 9.61. The van der Waals surface area contributed by atoms with Crippen molar-refractivity contribution in [3.63, 3.8) is 0 Å². The Labute approximate surface area is 148 Å². The molecular weight excluding hydrogens is 336 g/mol. The molecule has 9 heteroatoms. The first-order chi connectivity index (χ1) is 12.5. The molecule has 0 saturated carbocycles. The number of nitrogens with zero attached hydrogens (tertiary/aromatic N) is 3. The monoisotopic (exact) mass is 354 g/mol. The molecule has 1 fully saturated rings. The second-order valence-corrected chi connectivity index (χ2v) is 6.22. The van der Waals surface area contributed by atoms with Gasteiger partial charge in [0.2, 0.25) is 17.8 Å². The van der Waals surface area contributed by atoms with Crippen molar-refractivity contribution in [2.75, 3.05) is 19.0 Å². The van der Waals surface area contributed by atoms with Gasteiger partial charge in [-0.25, -0.2) is 4.98 Å². The molecule has 1 unspecified atom stereocenters. The van der Waals surface area contributed by atoms with Gasteiger partial charge in [-0.1, -0.05) is 0 Å². The lowest BCUT2D eigenvalue weighted by atomic mass is 10.1. The first-order valence-electron chi connectivity index (χ1n) is 8.18. The van der Waals surface area contributed by atoms with E-state index in [1.165, 1.54) is 0 Å². The molecule has 1 aliphatic rings. The summed E-state index contributed by atoms with van der Waals surface area (Å²) in [5.41, 5.74) is 3.15. The molecule has 3 heterocycles. The highest BCUT2D eigenvalue weighted by molar-refractivity contribution is 6.00. The van der Waals surface area contributed by atoms with Crippen molar-refractivity contribution in [3.05, 3.63) is 24.5 Å². The number of fused-ring (bicyclic) bond motifs is 1. The largest absolute Gasteiger partial charge is 0.494 e. The van der Waals surface area contributed by atoms with Crippen molar-refractivity contribution < 1.29 is 14.3 Å². The molecule has 134 valence electrons. The van der Waals surface area contributed by atoms with E-state index in [0.717, 1.165) is 11.1 Å². The maximum absolute atomic E-state index is 12.3. The molecule has 26 heavy (non-hydrogen) atoms. The number of anilines is 1. The Morgan fingerprint density at radius 2 is 2.27 bits per heavy atom. The van der Waals surface area contributed by atoms with Crippen molar-refractivity contribution >= 4 is 28.8 Å². The molecular formula is C17H18N6O3. The minimum Gasteiger partial charge on any atom is -0.494 e. The van der Waals surface area contributed by atoms with Crippen LogP contribution in [0.1, 0.15) is 6.42 Å². The van der Waals surface area contributed by atoms with Crippen LogP contribution in [0.4, 0.5) is 5.95 Å². The van der Waals surface area contributed by atoms with Crippen LogP contribution in [0.5, 0.6) is 5.75 Å². The lowest BCUT2D eigenvalue weighted by Gasteiger charge is -2.05. The second kappa shape index (κ2) is 6.17. The highest BCUT2D eigenvalue weighted by Gasteiger charge is 2.28. The number of methoxy groups -OCH3 is 1. The number of imidazole rings is 1. The van der Waals surface area contributed by atoms with Gasteiger partial charge in [-0.3, -0.25) is 19.6 Å². The third-order valence-electron chi connectivity index (χ3n) is 4.43. The van der Waals surface area contributed by atoms with Crippen molar-refractivity contribution in [1.29, 1.82) is 0 Å². The van der Waals surface area contributed by atoms with Gasteiger partial charge in [-0.05, 0) is 12.1 Å². The van der Waals surface area contributed by atoms with Crippen LogP contribution in [0.15, 0.2) is 24.5 Å². The quantitative estimate of drug-likeness (QED) is 0.648. The second-order valence-electron chi connectivity index (χ2n) is 6.22. The molecule has 1 saturated heterocycles. The molecule has 2 aromatic heterocycles. The van der Waals surface area contributed by atoms with E-state index in [0.29, 0.717) is 29.3 Å². The molecule has 3 N–H and O–H groups in total. The average Bonchev–Trinajstić information content (AvgIpc) is 3.33. The number of aromatic amines is 1. The summed E-state index contributed by atoms with van der Waals surface area (Å²) in [5.74, 6) is 0.187. The first kappa shape index (κ1) is 16.1. The minimum absolute atomic E-state index is 0.115. The smallest absolute Gasteiger partial charge is 0.232 e. The van der Waals surface area contributed by atoms with E-state index in [2.05, 4.69) is 25.7 Å². The van der Waals surface area contributed by atoms with Crippen LogP contribution in [0.25, 0.3) is 22.2 Å². The molecule has 0 spiro atoms. The van der Waals surface area contributed by atoms with E-state index in [1.807, 2.05) is 25.4 Å². The lowest BCUT2D eigenvalue weighted by Crippen LogP contribution is -2.25. The van der Waals surface area contributed by atoms with Gasteiger partial charge in [0.1, 0.15) is 16.8 Å². The molecule has 0 aliphatic carbocycles. The van der Waals surface area contributed by atoms with Crippen LogP contribution >= 0.6 is 0 Å². The summed E-state index contributed by atoms with van der Waals surface area (Å²) in [7, 11) is 3.42. The Morgan fingerprint density at radius 1 is 1.42 bits per heavy atom. The van der Waals surface area contributed by atoms with E-state index in [1.54, 1.807) is 18.0 Å². The van der Waals surface area contributed by atoms with Crippen LogP contribution < -0.4 is 15.4 Å². The number of rotatable bonds is 4. The summed E-state index contributed by atoms with van der Waals surface area (Å²) in [6.45, 7) is 0.342. The van der Waals surface area contributed by atoms with Gasteiger partial charge >= 0.3 is 0 Å². The number of aryl methyl sites for hydroxylation is 1. The minimum atomic E-state index is -0.393. The fourth-order valence-electron chi connectivity index (χ4n) is 3.10. The van der Waals surface area contributed by atoms with E-state index in [-0.39, 0.29) is 18.2 Å². The van der Waals surface area contributed by atoms with E-state index in [9.17, 15) is 9.59 Å². The predicted octanol–water partition coefficient (Wildman–Crippen LogP) is 1.05. The van der Waals surface area contributed by atoms with Crippen LogP contribution in [0, 0.1) is 5.92 Å². The molecule has 0 radical (unpaired) electrons. The van der Waals surface area contributed by atoms with Crippen molar-refractivity contribution in [1.82, 2.24) is 25.1 Å². The fraction of sp³-hybridized carbons (Fsp3) is 0.294. The number of hydrogen-bond donors (Lipinski definition) is 3. The summed E-state index contributed by atoms with van der Waals surface area (Å²) in [4.78, 5) is 31.3. The Kier molecular flexibility index (Phi) is 3.83. The summed E-state index contributed by atoms with van der Waals surface area (Å²) < 4.78 is 7.11. The molecule has 1 aromatic carbocycles. The van der Waals surface area contributed by atoms with E-state index < -0.39 is 5.92 Å². The van der Waals surface area contributed by atoms with Crippen LogP contribution in [-0.4, -0.2) is 45.2 Å². The zero-order valence-corrected chi connectivity index (χ0v) is 14.4. The molecule has 4 rings (SSSR count). The highest BCUT2D eigenvalue weighted by Crippen LogP contribution is 2.33. The van der Waals surface area contributed by atoms with E-state index >= 15 is 0 Å². The number of carbonyl (C=O) groups excluding carboxylic acids is 2. The predicted molar refractivity (Wildman–Crippen MR) is 94.6 cm³/mol. The summed E-state index contributed by atoms with van der Waals surface area (Å²) >= 11 is 0. The molecule has 0 bridgehead atoms. The number of ether oxygens (including phenoxy) is 1. The summed E-state index contributed by atoms with van der Waals surface area (Å²) in [6, 6.07) is 3.75. The van der Waals surface area contributed by atoms with Gasteiger partial charge in [0.25, 0.3) is 0 Å². The molecule has 3 aromatic rings. The Morgan fingerprint density at radius 3 is 2.92 bits per heavy atom. The Balaban J connectivity index is 1.71. The van der Waals surface area contributed by atoms with Crippen LogP contribution in [0.3, 0.4) is 0 Å². The highest BCUT2D eigenvalue weighted by atomic mass is 16.5. The number of H-pyrrole nitrogens is 1. The lowest BCUT2D eigenvalue weighted by molar-refractivity contribution is -0.123. The normalized spacial score (nSPS) is 16.7. The van der Waals surface area contributed by atoms with Crippen molar-refractivity contribution in [3.8, 4) is 16.9 Å². The Hall–Kier alpha value is -3.36. The molecule has 1 atom stereocenters. The third-order valence-corrected chi connectivity index (χ3v) is 4.43. The molecule has 1 aliphatic heterocycles. The fourth-order valence-corrected chi connectivity index (χ4v) is 3.10. The maximum Gasteiger partial charge on any atom is 0.232 e.